The molecule has 1 amide bonds. The molecule has 0 heterocycles. The van der Waals surface area contributed by atoms with Gasteiger partial charge in [-0.3, -0.25) is 4.79 Å². The first-order valence-electron chi connectivity index (χ1n) is 8.71. The van der Waals surface area contributed by atoms with Crippen LogP contribution in [-0.4, -0.2) is 39.3 Å². The van der Waals surface area contributed by atoms with Crippen LogP contribution in [0.15, 0.2) is 65.6 Å². The maximum atomic E-state index is 12.9. The topological polar surface area (TPSA) is 75.7 Å². The number of fused-ring (bicyclic) bond motifs is 1. The molecule has 0 bridgehead atoms. The van der Waals surface area contributed by atoms with Crippen molar-refractivity contribution in [2.75, 3.05) is 26.0 Å². The largest absolute Gasteiger partial charge is 0.495 e. The molecule has 0 atom stereocenters. The Morgan fingerprint density at radius 1 is 1.07 bits per heavy atom. The Balaban J connectivity index is 1.81. The highest BCUT2D eigenvalue weighted by atomic mass is 32.2. The van der Waals surface area contributed by atoms with Crippen molar-refractivity contribution in [3.05, 3.63) is 66.2 Å². The second-order valence-corrected chi connectivity index (χ2v) is 8.50. The van der Waals surface area contributed by atoms with Crippen LogP contribution >= 0.6 is 0 Å². The van der Waals surface area contributed by atoms with Crippen molar-refractivity contribution in [3.63, 3.8) is 0 Å². The summed E-state index contributed by atoms with van der Waals surface area (Å²) >= 11 is 0. The number of anilines is 1. The Kier molecular flexibility index (Phi) is 5.67. The average Bonchev–Trinajstić information content (AvgIpc) is 2.68. The van der Waals surface area contributed by atoms with Crippen LogP contribution in [0, 0.1) is 6.92 Å². The number of methoxy groups -OCH3 is 1. The van der Waals surface area contributed by atoms with Crippen LogP contribution in [0.2, 0.25) is 0 Å². The van der Waals surface area contributed by atoms with Gasteiger partial charge in [0.2, 0.25) is 15.9 Å². The fourth-order valence-electron chi connectivity index (χ4n) is 2.96. The van der Waals surface area contributed by atoms with Gasteiger partial charge in [-0.1, -0.05) is 42.5 Å². The molecule has 6 nitrogen and oxygen atoms in total. The quantitative estimate of drug-likeness (QED) is 0.690. The second-order valence-electron chi connectivity index (χ2n) is 6.49. The number of hydrogen-bond acceptors (Lipinski definition) is 4. The summed E-state index contributed by atoms with van der Waals surface area (Å²) in [4.78, 5) is 12.6. The van der Waals surface area contributed by atoms with E-state index in [0.717, 1.165) is 20.6 Å². The SMILES string of the molecule is COc1ccc(C)cc1S(=O)(=O)N(C)CC(=O)Nc1cccc2ccccc12. The lowest BCUT2D eigenvalue weighted by Gasteiger charge is -2.19. The first-order chi connectivity index (χ1) is 13.3. The number of aryl methyl sites for hydroxylation is 1. The molecule has 0 aliphatic carbocycles. The number of carbonyl (C=O) groups is 1. The maximum absolute atomic E-state index is 12.9. The predicted molar refractivity (Wildman–Crippen MR) is 110 cm³/mol. The van der Waals surface area contributed by atoms with E-state index in [4.69, 9.17) is 4.74 Å². The minimum Gasteiger partial charge on any atom is -0.495 e. The summed E-state index contributed by atoms with van der Waals surface area (Å²) in [6.07, 6.45) is 0. The molecule has 146 valence electrons. The number of ether oxygens (including phenoxy) is 1. The van der Waals surface area contributed by atoms with Crippen molar-refractivity contribution in [1.29, 1.82) is 0 Å². The van der Waals surface area contributed by atoms with Crippen molar-refractivity contribution < 1.29 is 17.9 Å². The van der Waals surface area contributed by atoms with Gasteiger partial charge < -0.3 is 10.1 Å². The minimum absolute atomic E-state index is 0.0375. The summed E-state index contributed by atoms with van der Waals surface area (Å²) in [5.74, 6) is -0.180. The molecule has 0 unspecified atom stereocenters. The number of benzene rings is 3. The molecule has 0 spiro atoms. The third kappa shape index (κ3) is 4.00. The molecule has 1 N–H and O–H groups in total. The smallest absolute Gasteiger partial charge is 0.246 e. The Bertz CT molecular complexity index is 1120. The number of carbonyl (C=O) groups excluding carboxylic acids is 1. The Labute approximate surface area is 164 Å². The van der Waals surface area contributed by atoms with Crippen LogP contribution in [0.3, 0.4) is 0 Å². The zero-order valence-corrected chi connectivity index (χ0v) is 16.8. The zero-order chi connectivity index (χ0) is 20.3. The van der Waals surface area contributed by atoms with Gasteiger partial charge in [-0.25, -0.2) is 8.42 Å². The lowest BCUT2D eigenvalue weighted by atomic mass is 10.1. The maximum Gasteiger partial charge on any atom is 0.246 e. The van der Waals surface area contributed by atoms with E-state index in [2.05, 4.69) is 5.32 Å². The van der Waals surface area contributed by atoms with Gasteiger partial charge in [-0.15, -0.1) is 0 Å². The summed E-state index contributed by atoms with van der Waals surface area (Å²) in [5.41, 5.74) is 1.43. The van der Waals surface area contributed by atoms with E-state index in [1.807, 2.05) is 36.4 Å². The fraction of sp³-hybridized carbons (Fsp3) is 0.190. The summed E-state index contributed by atoms with van der Waals surface area (Å²) < 4.78 is 32.1. The van der Waals surface area contributed by atoms with Crippen molar-refractivity contribution >= 4 is 32.4 Å². The molecule has 0 aliphatic heterocycles. The molecule has 0 aromatic heterocycles. The summed E-state index contributed by atoms with van der Waals surface area (Å²) in [5, 5.41) is 4.69. The molecule has 3 aromatic carbocycles. The van der Waals surface area contributed by atoms with Gasteiger partial charge in [0.05, 0.1) is 13.7 Å². The highest BCUT2D eigenvalue weighted by Crippen LogP contribution is 2.27. The molecular weight excluding hydrogens is 376 g/mol. The molecule has 0 fully saturated rings. The summed E-state index contributed by atoms with van der Waals surface area (Å²) in [7, 11) is -1.10. The molecule has 0 radical (unpaired) electrons. The molecular formula is C21H22N2O4S. The normalized spacial score (nSPS) is 11.6. The van der Waals surface area contributed by atoms with Gasteiger partial charge >= 0.3 is 0 Å². The van der Waals surface area contributed by atoms with Gasteiger partial charge in [0.25, 0.3) is 0 Å². The number of sulfonamides is 1. The second kappa shape index (κ2) is 8.00. The number of nitrogens with zero attached hydrogens (tertiary/aromatic N) is 1. The lowest BCUT2D eigenvalue weighted by molar-refractivity contribution is -0.116. The van der Waals surface area contributed by atoms with Crippen LogP contribution in [0.4, 0.5) is 5.69 Å². The van der Waals surface area contributed by atoms with Gasteiger partial charge in [0.1, 0.15) is 10.6 Å². The number of nitrogens with one attached hydrogen (secondary N) is 1. The highest BCUT2D eigenvalue weighted by Gasteiger charge is 2.26. The van der Waals surface area contributed by atoms with Gasteiger partial charge in [0, 0.05) is 18.1 Å². The number of hydrogen-bond donors (Lipinski definition) is 1. The van der Waals surface area contributed by atoms with Crippen molar-refractivity contribution in [3.8, 4) is 5.75 Å². The Morgan fingerprint density at radius 2 is 1.79 bits per heavy atom. The highest BCUT2D eigenvalue weighted by molar-refractivity contribution is 7.89. The average molecular weight is 398 g/mol. The van der Waals surface area contributed by atoms with E-state index in [-0.39, 0.29) is 17.2 Å². The van der Waals surface area contributed by atoms with Crippen molar-refractivity contribution in [2.24, 2.45) is 0 Å². The van der Waals surface area contributed by atoms with Crippen LogP contribution in [-0.2, 0) is 14.8 Å². The minimum atomic E-state index is -3.89. The van der Waals surface area contributed by atoms with E-state index in [1.54, 1.807) is 25.1 Å². The van der Waals surface area contributed by atoms with E-state index >= 15 is 0 Å². The third-order valence-electron chi connectivity index (χ3n) is 4.44. The van der Waals surface area contributed by atoms with Gasteiger partial charge in [-0.05, 0) is 36.1 Å². The van der Waals surface area contributed by atoms with Crippen LogP contribution in [0.25, 0.3) is 10.8 Å². The van der Waals surface area contributed by atoms with E-state index < -0.39 is 15.9 Å². The molecule has 28 heavy (non-hydrogen) atoms. The molecule has 0 aliphatic rings. The van der Waals surface area contributed by atoms with Gasteiger partial charge in [0.15, 0.2) is 0 Å². The monoisotopic (exact) mass is 398 g/mol. The lowest BCUT2D eigenvalue weighted by Crippen LogP contribution is -2.35. The van der Waals surface area contributed by atoms with Crippen LogP contribution in [0.5, 0.6) is 5.75 Å². The fourth-order valence-corrected chi connectivity index (χ4v) is 4.33. The molecule has 3 aromatic rings. The van der Waals surface area contributed by atoms with E-state index in [9.17, 15) is 13.2 Å². The van der Waals surface area contributed by atoms with Crippen molar-refractivity contribution in [2.45, 2.75) is 11.8 Å². The van der Waals surface area contributed by atoms with Crippen LogP contribution in [0.1, 0.15) is 5.56 Å². The molecule has 0 saturated heterocycles. The number of likely N-dealkylation sites (N-methyl/N-ethyl adjacent to an activating group) is 1. The molecule has 7 heteroatoms. The van der Waals surface area contributed by atoms with Crippen molar-refractivity contribution in [1.82, 2.24) is 4.31 Å². The standard InChI is InChI=1S/C21H22N2O4S/c1-15-11-12-19(27-3)20(13-15)28(25,26)23(2)14-21(24)22-18-10-6-8-16-7-4-5-9-17(16)18/h4-13H,14H2,1-3H3,(H,22,24). The third-order valence-corrected chi connectivity index (χ3v) is 6.26. The van der Waals surface area contributed by atoms with Crippen LogP contribution < -0.4 is 10.1 Å². The number of amides is 1. The predicted octanol–water partition coefficient (Wildman–Crippen LogP) is 3.42. The zero-order valence-electron chi connectivity index (χ0n) is 16.0. The first kappa shape index (κ1) is 19.9. The van der Waals surface area contributed by atoms with E-state index in [1.165, 1.54) is 20.2 Å². The molecule has 3 rings (SSSR count). The summed E-state index contributed by atoms with van der Waals surface area (Å²) in [6.45, 7) is 1.48. The van der Waals surface area contributed by atoms with Gasteiger partial charge in [-0.2, -0.15) is 4.31 Å². The Morgan fingerprint density at radius 3 is 2.54 bits per heavy atom. The summed E-state index contributed by atoms with van der Waals surface area (Å²) in [6, 6.07) is 18.2. The first-order valence-corrected chi connectivity index (χ1v) is 10.2. The molecule has 0 saturated carbocycles. The Hall–Kier alpha value is -2.90. The number of rotatable bonds is 6. The van der Waals surface area contributed by atoms with E-state index in [0.29, 0.717) is 5.69 Å².